The van der Waals surface area contributed by atoms with Gasteiger partial charge in [-0.15, -0.1) is 0 Å². The zero-order valence-electron chi connectivity index (χ0n) is 22.6. The van der Waals surface area contributed by atoms with E-state index < -0.39 is 20.0 Å². The molecule has 1 aliphatic rings. The number of ether oxygens (including phenoxy) is 1. The van der Waals surface area contributed by atoms with Crippen molar-refractivity contribution in [3.8, 4) is 5.75 Å². The quantitative estimate of drug-likeness (QED) is 0.0772. The van der Waals surface area contributed by atoms with E-state index in [-0.39, 0.29) is 43.8 Å². The van der Waals surface area contributed by atoms with Crippen molar-refractivity contribution in [2.45, 2.75) is 25.4 Å². The molecule has 236 valence electrons. The molecule has 2 aromatic carbocycles. The van der Waals surface area contributed by atoms with E-state index in [1.807, 2.05) is 5.01 Å². The minimum Gasteiger partial charge on any atom is -0.491 e. The summed E-state index contributed by atoms with van der Waals surface area (Å²) >= 11 is 0. The summed E-state index contributed by atoms with van der Waals surface area (Å²) in [5.41, 5.74) is 10.3. The van der Waals surface area contributed by atoms with Crippen LogP contribution >= 0.6 is 7.82 Å². The van der Waals surface area contributed by atoms with E-state index in [1.54, 1.807) is 42.5 Å². The van der Waals surface area contributed by atoms with Gasteiger partial charge in [-0.25, -0.2) is 14.4 Å². The van der Waals surface area contributed by atoms with E-state index in [0.29, 0.717) is 28.0 Å². The Labute approximate surface area is 243 Å². The second-order valence-corrected chi connectivity index (χ2v) is 10.2. The predicted molar refractivity (Wildman–Crippen MR) is 145 cm³/mol. The van der Waals surface area contributed by atoms with Crippen LogP contribution in [0.2, 0.25) is 0 Å². The number of nitrogens with one attached hydrogen (secondary N) is 3. The first-order valence-corrected chi connectivity index (χ1v) is 14.1. The molecule has 1 saturated heterocycles. The van der Waals surface area contributed by atoms with Crippen molar-refractivity contribution in [3.63, 3.8) is 0 Å². The fourth-order valence-electron chi connectivity index (χ4n) is 3.58. The van der Waals surface area contributed by atoms with Crippen molar-refractivity contribution in [1.82, 2.24) is 15.8 Å². The molecule has 8 N–H and O–H groups in total. The molecule has 18 heteroatoms. The minimum atomic E-state index is -5.08. The standard InChI is InChI=1S/C23H30N5O7P.C2HF3O2/c24-21(25)19-8-3-16(9-13-35-36(31,32)33)20(15-19)34-14-10-26-22(29)17-4-6-18(7-5-17)23(30)27-28-11-1-2-12-28;3-2(4,5)1(6)7/h3-8,15H,1-2,9-14H2,(H3,24,25)(H,26,29)(H,27,30)(H2,31,32,33);(H,6,7). The molecule has 1 heterocycles. The van der Waals surface area contributed by atoms with Crippen LogP contribution in [0.25, 0.3) is 0 Å². The lowest BCUT2D eigenvalue weighted by Gasteiger charge is -2.16. The fourth-order valence-corrected chi connectivity index (χ4v) is 3.90. The number of rotatable bonds is 12. The van der Waals surface area contributed by atoms with Gasteiger partial charge in [-0.05, 0) is 48.7 Å². The molecule has 14 nitrogen and oxygen atoms in total. The number of hydrazine groups is 1. The Bertz CT molecular complexity index is 1330. The lowest BCUT2D eigenvalue weighted by atomic mass is 10.1. The van der Waals surface area contributed by atoms with Gasteiger partial charge in [0.05, 0.1) is 13.2 Å². The third-order valence-electron chi connectivity index (χ3n) is 5.67. The first-order valence-electron chi connectivity index (χ1n) is 12.6. The highest BCUT2D eigenvalue weighted by molar-refractivity contribution is 7.46. The Morgan fingerprint density at radius 3 is 2.02 bits per heavy atom. The molecule has 0 aromatic heterocycles. The van der Waals surface area contributed by atoms with E-state index in [4.69, 9.17) is 35.6 Å². The number of nitrogens with zero attached hydrogens (tertiary/aromatic N) is 1. The molecule has 1 aliphatic heterocycles. The van der Waals surface area contributed by atoms with Gasteiger partial charge in [-0.3, -0.25) is 24.9 Å². The molecule has 3 rings (SSSR count). The normalized spacial score (nSPS) is 13.4. The lowest BCUT2D eigenvalue weighted by Crippen LogP contribution is -2.40. The number of phosphoric ester groups is 1. The van der Waals surface area contributed by atoms with Crippen molar-refractivity contribution in [1.29, 1.82) is 5.41 Å². The minimum absolute atomic E-state index is 0.0930. The van der Waals surface area contributed by atoms with Gasteiger partial charge in [0.2, 0.25) is 0 Å². The number of carbonyl (C=O) groups is 3. The van der Waals surface area contributed by atoms with Crippen LogP contribution < -0.4 is 21.2 Å². The van der Waals surface area contributed by atoms with E-state index in [1.165, 1.54) is 0 Å². The second kappa shape index (κ2) is 16.0. The summed E-state index contributed by atoms with van der Waals surface area (Å²) in [6.07, 6.45) is -2.82. The van der Waals surface area contributed by atoms with Crippen molar-refractivity contribution < 1.29 is 56.3 Å². The highest BCUT2D eigenvalue weighted by atomic mass is 31.2. The molecule has 1 fully saturated rings. The van der Waals surface area contributed by atoms with E-state index >= 15 is 0 Å². The Morgan fingerprint density at radius 1 is 0.977 bits per heavy atom. The zero-order chi connectivity index (χ0) is 32.2. The molecule has 2 amide bonds. The lowest BCUT2D eigenvalue weighted by molar-refractivity contribution is -0.192. The number of hydrogen-bond acceptors (Lipinski definition) is 8. The number of phosphoric acid groups is 1. The van der Waals surface area contributed by atoms with Gasteiger partial charge in [0.1, 0.15) is 18.2 Å². The summed E-state index contributed by atoms with van der Waals surface area (Å²) in [5, 5.41) is 19.3. The summed E-state index contributed by atoms with van der Waals surface area (Å²) in [6, 6.07) is 11.1. The summed E-state index contributed by atoms with van der Waals surface area (Å²) in [5.74, 6) is -3.11. The average molecular weight is 634 g/mol. The zero-order valence-corrected chi connectivity index (χ0v) is 23.5. The van der Waals surface area contributed by atoms with Crippen molar-refractivity contribution in [2.75, 3.05) is 32.8 Å². The molecule has 0 unspecified atom stereocenters. The average Bonchev–Trinajstić information content (AvgIpc) is 3.43. The number of carboxylic acid groups (broad SMARTS) is 1. The molecule has 0 atom stereocenters. The van der Waals surface area contributed by atoms with Crippen LogP contribution in [0.1, 0.15) is 44.7 Å². The molecular formula is C25H31F3N5O9P. The van der Waals surface area contributed by atoms with E-state index in [9.17, 15) is 27.3 Å². The summed E-state index contributed by atoms with van der Waals surface area (Å²) < 4.78 is 52.9. The maximum absolute atomic E-state index is 12.5. The molecule has 0 aliphatic carbocycles. The number of carboxylic acids is 1. The number of benzene rings is 2. The Balaban J connectivity index is 0.000000821. The molecule has 0 radical (unpaired) electrons. The SMILES string of the molecule is N=C(N)c1ccc(CCOP(=O)(O)O)c(OCCNC(=O)c2ccc(C(=O)NN3CCCC3)cc2)c1.O=C(O)C(F)(F)F. The maximum atomic E-state index is 12.5. The first kappa shape index (κ1) is 35.2. The smallest absolute Gasteiger partial charge is 0.490 e. The largest absolute Gasteiger partial charge is 0.491 e. The van der Waals surface area contributed by atoms with Gasteiger partial charge in [0.25, 0.3) is 11.8 Å². The number of halogens is 3. The van der Waals surface area contributed by atoms with Crippen molar-refractivity contribution in [3.05, 3.63) is 64.7 Å². The Hall–Kier alpha value is -4.02. The summed E-state index contributed by atoms with van der Waals surface area (Å²) in [7, 11) is -4.59. The third kappa shape index (κ3) is 12.8. The van der Waals surface area contributed by atoms with Gasteiger partial charge in [-0.2, -0.15) is 13.2 Å². The van der Waals surface area contributed by atoms with Gasteiger partial charge in [-0.1, -0.05) is 12.1 Å². The number of amidine groups is 1. The van der Waals surface area contributed by atoms with Crippen molar-refractivity contribution >= 4 is 31.4 Å². The second-order valence-electron chi connectivity index (χ2n) is 8.93. The number of aliphatic carboxylic acids is 1. The Kier molecular flexibility index (Phi) is 13.1. The number of alkyl halides is 3. The van der Waals surface area contributed by atoms with Crippen LogP contribution in [0.15, 0.2) is 42.5 Å². The molecule has 2 aromatic rings. The number of amides is 2. The fraction of sp³-hybridized carbons (Fsp3) is 0.360. The van der Waals surface area contributed by atoms with Crippen LogP contribution in [0.5, 0.6) is 5.75 Å². The number of nitrogen functional groups attached to an aromatic ring is 1. The monoisotopic (exact) mass is 633 g/mol. The molecule has 0 spiro atoms. The van der Waals surface area contributed by atoms with Crippen LogP contribution in [-0.2, 0) is 20.3 Å². The molecule has 43 heavy (non-hydrogen) atoms. The topological polar surface area (TPSA) is 225 Å². The summed E-state index contributed by atoms with van der Waals surface area (Å²) in [4.78, 5) is 51.3. The van der Waals surface area contributed by atoms with Gasteiger partial charge >= 0.3 is 20.0 Å². The summed E-state index contributed by atoms with van der Waals surface area (Å²) in [6.45, 7) is 1.68. The van der Waals surface area contributed by atoms with Gasteiger partial charge in [0.15, 0.2) is 0 Å². The van der Waals surface area contributed by atoms with Crippen LogP contribution in [0.3, 0.4) is 0 Å². The number of carbonyl (C=O) groups excluding carboxylic acids is 2. The number of nitrogens with two attached hydrogens (primary N) is 1. The third-order valence-corrected chi connectivity index (χ3v) is 6.19. The van der Waals surface area contributed by atoms with Gasteiger partial charge in [0, 0.05) is 36.2 Å². The predicted octanol–water partition coefficient (Wildman–Crippen LogP) is 1.81. The first-order chi connectivity index (χ1) is 20.1. The van der Waals surface area contributed by atoms with Gasteiger partial charge < -0.3 is 30.7 Å². The highest BCUT2D eigenvalue weighted by Crippen LogP contribution is 2.36. The Morgan fingerprint density at radius 2 is 1.51 bits per heavy atom. The van der Waals surface area contributed by atoms with Crippen molar-refractivity contribution in [2.24, 2.45) is 5.73 Å². The van der Waals surface area contributed by atoms with E-state index in [0.717, 1.165) is 25.9 Å². The van der Waals surface area contributed by atoms with Crippen LogP contribution in [0.4, 0.5) is 13.2 Å². The highest BCUT2D eigenvalue weighted by Gasteiger charge is 2.38. The van der Waals surface area contributed by atoms with Crippen LogP contribution in [-0.4, -0.2) is 82.5 Å². The van der Waals surface area contributed by atoms with Crippen LogP contribution in [0, 0.1) is 5.41 Å². The number of hydrogen-bond donors (Lipinski definition) is 7. The molecule has 0 bridgehead atoms. The maximum Gasteiger partial charge on any atom is 0.490 e. The molecular weight excluding hydrogens is 602 g/mol. The molecule has 0 saturated carbocycles. The van der Waals surface area contributed by atoms with E-state index in [2.05, 4.69) is 15.3 Å².